The van der Waals surface area contributed by atoms with Gasteiger partial charge in [0.05, 0.1) is 17.5 Å². The number of aliphatic imine (C=N–C) groups is 1. The highest BCUT2D eigenvalue weighted by molar-refractivity contribution is 6.05. The number of ketones is 1. The highest BCUT2D eigenvalue weighted by atomic mass is 16.1. The summed E-state index contributed by atoms with van der Waals surface area (Å²) in [4.78, 5) is 21.4. The number of carbonyl (C=O) groups excluding carboxylic acids is 1. The molecule has 4 nitrogen and oxygen atoms in total. The molecule has 21 heavy (non-hydrogen) atoms. The molecular formula is C17H19N3O. The fraction of sp³-hybridized carbons (Fsp3) is 0.294. The fourth-order valence-corrected chi connectivity index (χ4v) is 2.90. The lowest BCUT2D eigenvalue weighted by Crippen LogP contribution is -2.47. The van der Waals surface area contributed by atoms with Gasteiger partial charge < -0.3 is 9.80 Å². The third-order valence-corrected chi connectivity index (χ3v) is 4.02. The van der Waals surface area contributed by atoms with Gasteiger partial charge in [-0.25, -0.2) is 0 Å². The van der Waals surface area contributed by atoms with Crippen LogP contribution in [0.5, 0.6) is 0 Å². The third kappa shape index (κ3) is 2.32. The average molecular weight is 281 g/mol. The minimum atomic E-state index is -0.237. The molecule has 0 spiro atoms. The van der Waals surface area contributed by atoms with Crippen molar-refractivity contribution in [2.45, 2.75) is 19.0 Å². The molecule has 0 N–H and O–H groups in total. The summed E-state index contributed by atoms with van der Waals surface area (Å²) in [7, 11) is 4.00. The molecule has 0 aromatic heterocycles. The van der Waals surface area contributed by atoms with Crippen LogP contribution >= 0.6 is 0 Å². The Morgan fingerprint density at radius 1 is 1.24 bits per heavy atom. The van der Waals surface area contributed by atoms with Crippen molar-refractivity contribution in [3.8, 4) is 0 Å². The molecule has 2 aliphatic rings. The van der Waals surface area contributed by atoms with Crippen molar-refractivity contribution in [1.29, 1.82) is 0 Å². The largest absolute Gasteiger partial charge is 0.332 e. The number of Topliss-reactive ketones (excluding diaryl/α,β-unsaturated/α-hetero) is 1. The smallest absolute Gasteiger partial charge is 0.187 e. The Hall–Kier alpha value is -2.20. The van der Waals surface area contributed by atoms with Gasteiger partial charge in [0.25, 0.3) is 0 Å². The van der Waals surface area contributed by atoms with Crippen molar-refractivity contribution in [3.63, 3.8) is 0 Å². The molecule has 0 amide bonds. The maximum absolute atomic E-state index is 12.9. The number of likely N-dealkylation sites (N-methyl/N-ethyl adjacent to an activating group) is 1. The second kappa shape index (κ2) is 5.30. The summed E-state index contributed by atoms with van der Waals surface area (Å²) in [5.41, 5.74) is 2.73. The van der Waals surface area contributed by atoms with Gasteiger partial charge in [0, 0.05) is 18.0 Å². The van der Waals surface area contributed by atoms with E-state index in [0.717, 1.165) is 17.0 Å². The number of nitrogens with zero attached hydrogens (tertiary/aromatic N) is 3. The third-order valence-electron chi connectivity index (χ3n) is 4.02. The maximum Gasteiger partial charge on any atom is 0.187 e. The van der Waals surface area contributed by atoms with E-state index in [1.807, 2.05) is 62.5 Å². The summed E-state index contributed by atoms with van der Waals surface area (Å²) in [6.07, 6.45) is 5.79. The molecule has 0 bridgehead atoms. The molecule has 0 saturated heterocycles. The van der Waals surface area contributed by atoms with Crippen molar-refractivity contribution in [2.24, 2.45) is 4.99 Å². The van der Waals surface area contributed by atoms with Gasteiger partial charge in [-0.15, -0.1) is 0 Å². The first-order chi connectivity index (χ1) is 10.1. The first kappa shape index (κ1) is 13.8. The minimum absolute atomic E-state index is 0.0422. The molecule has 0 aliphatic carbocycles. The van der Waals surface area contributed by atoms with E-state index in [-0.39, 0.29) is 17.9 Å². The van der Waals surface area contributed by atoms with Crippen LogP contribution in [-0.4, -0.2) is 47.5 Å². The Balaban J connectivity index is 1.99. The summed E-state index contributed by atoms with van der Waals surface area (Å²) in [5.74, 6) is 0.139. The van der Waals surface area contributed by atoms with E-state index in [1.54, 1.807) is 6.20 Å². The van der Waals surface area contributed by atoms with Crippen LogP contribution in [0.4, 0.5) is 0 Å². The van der Waals surface area contributed by atoms with Gasteiger partial charge in [-0.1, -0.05) is 30.3 Å². The molecule has 2 unspecified atom stereocenters. The molecule has 2 aliphatic heterocycles. The standard InChI is InChI=1S/C17H19N3O/c1-12-14-11-15(19(2)3)16(20(14)10-9-18-12)17(21)13-7-5-4-6-8-13/h4-11,15-16H,1-3H3. The summed E-state index contributed by atoms with van der Waals surface area (Å²) >= 11 is 0. The lowest BCUT2D eigenvalue weighted by Gasteiger charge is -2.32. The topological polar surface area (TPSA) is 35.9 Å². The predicted octanol–water partition coefficient (Wildman–Crippen LogP) is 2.31. The number of benzene rings is 1. The number of hydrogen-bond donors (Lipinski definition) is 0. The number of hydrogen-bond acceptors (Lipinski definition) is 4. The molecule has 2 atom stereocenters. The van der Waals surface area contributed by atoms with E-state index >= 15 is 0 Å². The minimum Gasteiger partial charge on any atom is -0.332 e. The van der Waals surface area contributed by atoms with Crippen molar-refractivity contribution >= 4 is 11.5 Å². The van der Waals surface area contributed by atoms with Gasteiger partial charge in [0.2, 0.25) is 0 Å². The highest BCUT2D eigenvalue weighted by Gasteiger charge is 2.41. The van der Waals surface area contributed by atoms with Crippen LogP contribution in [0.15, 0.2) is 59.5 Å². The zero-order valence-corrected chi connectivity index (χ0v) is 12.5. The molecule has 0 radical (unpaired) electrons. The first-order valence-electron chi connectivity index (χ1n) is 7.07. The number of carbonyl (C=O) groups is 1. The van der Waals surface area contributed by atoms with E-state index in [9.17, 15) is 4.79 Å². The lowest BCUT2D eigenvalue weighted by molar-refractivity contribution is 0.0855. The quantitative estimate of drug-likeness (QED) is 0.798. The number of allylic oxidation sites excluding steroid dienone is 1. The monoisotopic (exact) mass is 281 g/mol. The second-order valence-corrected chi connectivity index (χ2v) is 5.60. The predicted molar refractivity (Wildman–Crippen MR) is 84.2 cm³/mol. The van der Waals surface area contributed by atoms with Crippen molar-refractivity contribution in [1.82, 2.24) is 9.80 Å². The zero-order chi connectivity index (χ0) is 15.0. The average Bonchev–Trinajstić information content (AvgIpc) is 2.88. The maximum atomic E-state index is 12.9. The van der Waals surface area contributed by atoms with Gasteiger partial charge in [-0.2, -0.15) is 0 Å². The highest BCUT2D eigenvalue weighted by Crippen LogP contribution is 2.30. The summed E-state index contributed by atoms with van der Waals surface area (Å²) in [6.45, 7) is 1.98. The second-order valence-electron chi connectivity index (χ2n) is 5.60. The fourth-order valence-electron chi connectivity index (χ4n) is 2.90. The molecule has 2 heterocycles. The number of fused-ring (bicyclic) bond motifs is 1. The van der Waals surface area contributed by atoms with Gasteiger partial charge in [0.1, 0.15) is 6.04 Å². The van der Waals surface area contributed by atoms with E-state index in [2.05, 4.69) is 16.0 Å². The molecular weight excluding hydrogens is 262 g/mol. The van der Waals surface area contributed by atoms with Gasteiger partial charge in [-0.3, -0.25) is 9.79 Å². The lowest BCUT2D eigenvalue weighted by atomic mass is 9.98. The van der Waals surface area contributed by atoms with Crippen molar-refractivity contribution < 1.29 is 4.79 Å². The van der Waals surface area contributed by atoms with Gasteiger partial charge in [0.15, 0.2) is 5.78 Å². The Morgan fingerprint density at radius 2 is 1.95 bits per heavy atom. The van der Waals surface area contributed by atoms with Crippen molar-refractivity contribution in [2.75, 3.05) is 14.1 Å². The number of rotatable bonds is 3. The van der Waals surface area contributed by atoms with E-state index < -0.39 is 0 Å². The molecule has 0 fully saturated rings. The summed E-state index contributed by atoms with van der Waals surface area (Å²) in [6, 6.07) is 9.29. The summed E-state index contributed by atoms with van der Waals surface area (Å²) in [5, 5.41) is 0. The van der Waals surface area contributed by atoms with Crippen LogP contribution in [0, 0.1) is 0 Å². The normalized spacial score (nSPS) is 23.9. The Labute approximate surface area is 125 Å². The van der Waals surface area contributed by atoms with Crippen LogP contribution < -0.4 is 0 Å². The Kier molecular flexibility index (Phi) is 3.47. The SMILES string of the molecule is CC1=NC=CN2C1=CC(N(C)C)C2C(=O)c1ccccc1. The first-order valence-corrected chi connectivity index (χ1v) is 7.07. The van der Waals surface area contributed by atoms with Crippen LogP contribution in [0.1, 0.15) is 17.3 Å². The van der Waals surface area contributed by atoms with Crippen LogP contribution in [-0.2, 0) is 0 Å². The molecule has 4 heteroatoms. The summed E-state index contributed by atoms with van der Waals surface area (Å²) < 4.78 is 0. The van der Waals surface area contributed by atoms with Crippen LogP contribution in [0.2, 0.25) is 0 Å². The van der Waals surface area contributed by atoms with Crippen molar-refractivity contribution in [3.05, 3.63) is 60.1 Å². The van der Waals surface area contributed by atoms with Crippen LogP contribution in [0.3, 0.4) is 0 Å². The molecule has 0 saturated carbocycles. The molecule has 108 valence electrons. The molecule has 1 aromatic rings. The zero-order valence-electron chi connectivity index (χ0n) is 12.5. The molecule has 3 rings (SSSR count). The van der Waals surface area contributed by atoms with Gasteiger partial charge >= 0.3 is 0 Å². The van der Waals surface area contributed by atoms with Crippen LogP contribution in [0.25, 0.3) is 0 Å². The van der Waals surface area contributed by atoms with E-state index in [0.29, 0.717) is 0 Å². The Bertz CT molecular complexity index is 643. The van der Waals surface area contributed by atoms with E-state index in [1.165, 1.54) is 0 Å². The molecule has 1 aromatic carbocycles. The van der Waals surface area contributed by atoms with E-state index in [4.69, 9.17) is 0 Å². The Morgan fingerprint density at radius 3 is 2.62 bits per heavy atom. The van der Waals surface area contributed by atoms with Gasteiger partial charge in [-0.05, 0) is 27.1 Å².